The lowest BCUT2D eigenvalue weighted by Crippen LogP contribution is -2.50. The van der Waals surface area contributed by atoms with E-state index in [4.69, 9.17) is 9.84 Å². The molecular weight excluding hydrogens is 280 g/mol. The molecule has 118 valence electrons. The molecule has 1 amide bonds. The summed E-state index contributed by atoms with van der Waals surface area (Å²) in [6.07, 6.45) is -1.03. The number of alkyl carbamates (subject to hydrolysis) is 1. The number of carbonyl (C=O) groups excluding carboxylic acids is 1. The molecule has 1 aromatic carbocycles. The number of carbonyl (C=O) groups is 1. The highest BCUT2D eigenvalue weighted by atomic mass is 19.1. The van der Waals surface area contributed by atoms with Gasteiger partial charge in [-0.2, -0.15) is 0 Å². The molecule has 0 bridgehead atoms. The molecule has 0 unspecified atom stereocenters. The van der Waals surface area contributed by atoms with Crippen LogP contribution in [0.2, 0.25) is 0 Å². The zero-order valence-electron chi connectivity index (χ0n) is 12.5. The van der Waals surface area contributed by atoms with Gasteiger partial charge in [-0.25, -0.2) is 13.6 Å². The van der Waals surface area contributed by atoms with Crippen LogP contribution in [-0.4, -0.2) is 30.1 Å². The lowest BCUT2D eigenvalue weighted by molar-refractivity contribution is 0.0402. The molecule has 0 saturated heterocycles. The maximum Gasteiger partial charge on any atom is 0.408 e. The average molecular weight is 301 g/mol. The number of amides is 1. The summed E-state index contributed by atoms with van der Waals surface area (Å²) >= 11 is 0. The van der Waals surface area contributed by atoms with Crippen molar-refractivity contribution in [2.24, 2.45) is 0 Å². The van der Waals surface area contributed by atoms with Crippen molar-refractivity contribution < 1.29 is 23.4 Å². The summed E-state index contributed by atoms with van der Waals surface area (Å²) in [7, 11) is 0. The van der Waals surface area contributed by atoms with E-state index >= 15 is 0 Å². The smallest absolute Gasteiger partial charge is 0.408 e. The highest BCUT2D eigenvalue weighted by Gasteiger charge is 2.37. The lowest BCUT2D eigenvalue weighted by Gasteiger charge is -2.33. The van der Waals surface area contributed by atoms with E-state index in [9.17, 15) is 13.6 Å². The van der Waals surface area contributed by atoms with E-state index in [2.05, 4.69) is 5.32 Å². The third kappa shape index (κ3) is 4.67. The number of alkyl halides is 1. The molecule has 0 aromatic heterocycles. The number of nitrogens with one attached hydrogen (secondary N) is 1. The van der Waals surface area contributed by atoms with Gasteiger partial charge < -0.3 is 15.2 Å². The van der Waals surface area contributed by atoms with Crippen LogP contribution in [0.4, 0.5) is 13.6 Å². The molecule has 1 rings (SSSR count). The lowest BCUT2D eigenvalue weighted by atomic mass is 9.87. The molecule has 0 aliphatic carbocycles. The van der Waals surface area contributed by atoms with Gasteiger partial charge in [0.25, 0.3) is 0 Å². The largest absolute Gasteiger partial charge is 0.444 e. The Hall–Kier alpha value is -1.69. The zero-order valence-corrected chi connectivity index (χ0v) is 12.5. The molecule has 2 N–H and O–H groups in total. The maximum absolute atomic E-state index is 13.9. The van der Waals surface area contributed by atoms with Gasteiger partial charge in [0.15, 0.2) is 0 Å². The van der Waals surface area contributed by atoms with Crippen LogP contribution in [0.3, 0.4) is 0 Å². The Bertz CT molecular complexity index is 488. The van der Waals surface area contributed by atoms with Gasteiger partial charge in [-0.1, -0.05) is 18.2 Å². The monoisotopic (exact) mass is 301 g/mol. The molecule has 0 aliphatic rings. The standard InChI is InChI=1S/C15H21F2NO3/c1-14(2,3)21-13(20)18-15(10-16,8-9-19)11-6-4-5-7-12(11)17/h4-7,19H,8-10H2,1-3H3,(H,18,20)/t15-/m1/s1. The van der Waals surface area contributed by atoms with Crippen LogP contribution in [0.25, 0.3) is 0 Å². The van der Waals surface area contributed by atoms with Gasteiger partial charge >= 0.3 is 6.09 Å². The highest BCUT2D eigenvalue weighted by molar-refractivity contribution is 5.69. The van der Waals surface area contributed by atoms with Crippen molar-refractivity contribution in [1.29, 1.82) is 0 Å². The van der Waals surface area contributed by atoms with Gasteiger partial charge in [-0.15, -0.1) is 0 Å². The van der Waals surface area contributed by atoms with Gasteiger partial charge in [0.1, 0.15) is 23.6 Å². The minimum atomic E-state index is -1.65. The number of aliphatic hydroxyl groups excluding tert-OH is 1. The number of hydrogen-bond donors (Lipinski definition) is 2. The van der Waals surface area contributed by atoms with E-state index in [1.54, 1.807) is 20.8 Å². The second kappa shape index (κ2) is 6.85. The Balaban J connectivity index is 3.10. The summed E-state index contributed by atoms with van der Waals surface area (Å²) in [5.74, 6) is -0.653. The fourth-order valence-electron chi connectivity index (χ4n) is 1.98. The molecule has 4 nitrogen and oxygen atoms in total. The average Bonchev–Trinajstić information content (AvgIpc) is 2.36. The van der Waals surface area contributed by atoms with Crippen molar-refractivity contribution in [3.8, 4) is 0 Å². The van der Waals surface area contributed by atoms with E-state index in [0.717, 1.165) is 0 Å². The van der Waals surface area contributed by atoms with Gasteiger partial charge in [0.2, 0.25) is 0 Å². The van der Waals surface area contributed by atoms with E-state index in [1.807, 2.05) is 0 Å². The van der Waals surface area contributed by atoms with E-state index in [1.165, 1.54) is 24.3 Å². The number of aliphatic hydroxyl groups is 1. The molecule has 0 aliphatic heterocycles. The SMILES string of the molecule is CC(C)(C)OC(=O)N[C@@](CF)(CCO)c1ccccc1F. The van der Waals surface area contributed by atoms with Crippen molar-refractivity contribution in [2.45, 2.75) is 38.3 Å². The Morgan fingerprint density at radius 1 is 1.33 bits per heavy atom. The number of ether oxygens (including phenoxy) is 1. The molecule has 0 saturated carbocycles. The van der Waals surface area contributed by atoms with Gasteiger partial charge in [-0.3, -0.25) is 0 Å². The second-order valence-electron chi connectivity index (χ2n) is 5.80. The summed E-state index contributed by atoms with van der Waals surface area (Å²) in [6, 6.07) is 5.56. The first kappa shape index (κ1) is 17.4. The van der Waals surface area contributed by atoms with Crippen LogP contribution in [0.5, 0.6) is 0 Å². The van der Waals surface area contributed by atoms with Gasteiger partial charge in [0, 0.05) is 18.6 Å². The normalized spacial score (nSPS) is 14.4. The fourth-order valence-corrected chi connectivity index (χ4v) is 1.98. The molecule has 0 fully saturated rings. The topological polar surface area (TPSA) is 58.6 Å². The van der Waals surface area contributed by atoms with Crippen LogP contribution in [0.1, 0.15) is 32.8 Å². The van der Waals surface area contributed by atoms with Crippen LogP contribution < -0.4 is 5.32 Å². The van der Waals surface area contributed by atoms with E-state index < -0.39 is 36.3 Å². The number of rotatable bonds is 5. The Morgan fingerprint density at radius 2 is 1.95 bits per heavy atom. The minimum absolute atomic E-state index is 0.0209. The Kier molecular flexibility index (Phi) is 5.66. The minimum Gasteiger partial charge on any atom is -0.444 e. The third-order valence-electron chi connectivity index (χ3n) is 2.90. The predicted octanol–water partition coefficient (Wildman–Crippen LogP) is 2.90. The van der Waals surface area contributed by atoms with E-state index in [0.29, 0.717) is 0 Å². The molecule has 21 heavy (non-hydrogen) atoms. The van der Waals surface area contributed by atoms with Crippen molar-refractivity contribution in [3.63, 3.8) is 0 Å². The molecular formula is C15H21F2NO3. The molecule has 0 heterocycles. The van der Waals surface area contributed by atoms with Crippen LogP contribution >= 0.6 is 0 Å². The molecule has 1 aromatic rings. The Morgan fingerprint density at radius 3 is 2.43 bits per heavy atom. The zero-order chi connectivity index (χ0) is 16.1. The van der Waals surface area contributed by atoms with Gasteiger partial charge in [0.05, 0.1) is 0 Å². The van der Waals surface area contributed by atoms with Crippen molar-refractivity contribution in [3.05, 3.63) is 35.6 Å². The number of hydrogen-bond acceptors (Lipinski definition) is 3. The molecule has 6 heteroatoms. The number of halogens is 2. The second-order valence-corrected chi connectivity index (χ2v) is 5.80. The van der Waals surface area contributed by atoms with Crippen molar-refractivity contribution in [2.75, 3.05) is 13.3 Å². The highest BCUT2D eigenvalue weighted by Crippen LogP contribution is 2.28. The van der Waals surface area contributed by atoms with Crippen LogP contribution in [0.15, 0.2) is 24.3 Å². The third-order valence-corrected chi connectivity index (χ3v) is 2.90. The molecule has 0 radical (unpaired) electrons. The van der Waals surface area contributed by atoms with Crippen LogP contribution in [-0.2, 0) is 10.3 Å². The summed E-state index contributed by atoms with van der Waals surface area (Å²) in [5.41, 5.74) is -2.43. The fraction of sp³-hybridized carbons (Fsp3) is 0.533. The summed E-state index contributed by atoms with van der Waals surface area (Å²) < 4.78 is 32.6. The summed E-state index contributed by atoms with van der Waals surface area (Å²) in [5, 5.41) is 11.5. The molecule has 0 spiro atoms. The predicted molar refractivity (Wildman–Crippen MR) is 75.1 cm³/mol. The van der Waals surface area contributed by atoms with Crippen LogP contribution in [0, 0.1) is 5.82 Å². The quantitative estimate of drug-likeness (QED) is 0.879. The van der Waals surface area contributed by atoms with E-state index in [-0.39, 0.29) is 12.0 Å². The Labute approximate surface area is 123 Å². The first-order valence-corrected chi connectivity index (χ1v) is 6.67. The first-order chi connectivity index (χ1) is 9.74. The maximum atomic E-state index is 13.9. The molecule has 1 atom stereocenters. The summed E-state index contributed by atoms with van der Waals surface area (Å²) in [6.45, 7) is 3.53. The number of benzene rings is 1. The summed E-state index contributed by atoms with van der Waals surface area (Å²) in [4.78, 5) is 11.9. The first-order valence-electron chi connectivity index (χ1n) is 6.67. The van der Waals surface area contributed by atoms with Crippen molar-refractivity contribution >= 4 is 6.09 Å². The van der Waals surface area contributed by atoms with Crippen molar-refractivity contribution in [1.82, 2.24) is 5.32 Å². The van der Waals surface area contributed by atoms with Gasteiger partial charge in [-0.05, 0) is 26.8 Å².